The van der Waals surface area contributed by atoms with Crippen molar-refractivity contribution in [3.63, 3.8) is 0 Å². The molecule has 0 bridgehead atoms. The summed E-state index contributed by atoms with van der Waals surface area (Å²) in [5.41, 5.74) is 2.64. The minimum atomic E-state index is 0.620. The van der Waals surface area contributed by atoms with Gasteiger partial charge < -0.3 is 10.2 Å². The van der Waals surface area contributed by atoms with E-state index in [9.17, 15) is 0 Å². The molecule has 2 nitrogen and oxygen atoms in total. The SMILES string of the molecule is CCCC(CCC)Nc1cccc(CN(C)C)c1. The highest BCUT2D eigenvalue weighted by Crippen LogP contribution is 2.16. The molecule has 0 unspecified atom stereocenters. The number of hydrogen-bond donors (Lipinski definition) is 1. The van der Waals surface area contributed by atoms with Crippen molar-refractivity contribution in [1.29, 1.82) is 0 Å². The minimum absolute atomic E-state index is 0.620. The van der Waals surface area contributed by atoms with E-state index in [1.807, 2.05) is 0 Å². The van der Waals surface area contributed by atoms with Crippen LogP contribution in [0.15, 0.2) is 24.3 Å². The van der Waals surface area contributed by atoms with Crippen molar-refractivity contribution in [3.8, 4) is 0 Å². The van der Waals surface area contributed by atoms with Gasteiger partial charge in [-0.15, -0.1) is 0 Å². The Bertz CT molecular complexity index is 328. The Morgan fingerprint density at radius 2 is 1.78 bits per heavy atom. The van der Waals surface area contributed by atoms with Gasteiger partial charge in [0.15, 0.2) is 0 Å². The summed E-state index contributed by atoms with van der Waals surface area (Å²) >= 11 is 0. The van der Waals surface area contributed by atoms with Crippen LogP contribution in [0.2, 0.25) is 0 Å². The molecule has 1 aromatic rings. The maximum absolute atomic E-state index is 3.68. The smallest absolute Gasteiger partial charge is 0.0345 e. The molecule has 0 saturated heterocycles. The summed E-state index contributed by atoms with van der Waals surface area (Å²) in [4.78, 5) is 2.20. The zero-order valence-electron chi connectivity index (χ0n) is 12.4. The van der Waals surface area contributed by atoms with E-state index in [1.54, 1.807) is 0 Å². The molecule has 0 aliphatic heterocycles. The molecule has 0 spiro atoms. The summed E-state index contributed by atoms with van der Waals surface area (Å²) in [7, 11) is 4.22. The zero-order chi connectivity index (χ0) is 13.4. The lowest BCUT2D eigenvalue weighted by atomic mass is 10.1. The van der Waals surface area contributed by atoms with Gasteiger partial charge in [-0.05, 0) is 44.6 Å². The van der Waals surface area contributed by atoms with Crippen molar-refractivity contribution >= 4 is 5.69 Å². The highest BCUT2D eigenvalue weighted by molar-refractivity contribution is 5.46. The van der Waals surface area contributed by atoms with Gasteiger partial charge in [-0.25, -0.2) is 0 Å². The molecule has 1 aromatic carbocycles. The molecule has 0 radical (unpaired) electrons. The van der Waals surface area contributed by atoms with Crippen LogP contribution in [-0.2, 0) is 6.54 Å². The summed E-state index contributed by atoms with van der Waals surface area (Å²) in [6.45, 7) is 5.52. The molecular weight excluding hydrogens is 220 g/mol. The first kappa shape index (κ1) is 15.0. The fraction of sp³-hybridized carbons (Fsp3) is 0.625. The Labute approximate surface area is 112 Å². The number of hydrogen-bond acceptors (Lipinski definition) is 2. The zero-order valence-corrected chi connectivity index (χ0v) is 12.4. The molecule has 2 heteroatoms. The van der Waals surface area contributed by atoms with Crippen LogP contribution in [0, 0.1) is 0 Å². The van der Waals surface area contributed by atoms with Crippen molar-refractivity contribution < 1.29 is 0 Å². The number of nitrogens with one attached hydrogen (secondary N) is 1. The fourth-order valence-corrected chi connectivity index (χ4v) is 2.35. The van der Waals surface area contributed by atoms with Crippen molar-refractivity contribution in [2.24, 2.45) is 0 Å². The van der Waals surface area contributed by atoms with Crippen LogP contribution in [0.1, 0.15) is 45.1 Å². The van der Waals surface area contributed by atoms with Crippen LogP contribution in [0.25, 0.3) is 0 Å². The van der Waals surface area contributed by atoms with E-state index in [2.05, 4.69) is 62.4 Å². The van der Waals surface area contributed by atoms with Crippen molar-refractivity contribution in [2.75, 3.05) is 19.4 Å². The second-order valence-electron chi connectivity index (χ2n) is 5.36. The molecule has 0 aromatic heterocycles. The summed E-state index contributed by atoms with van der Waals surface area (Å²) in [5.74, 6) is 0. The molecule has 1 rings (SSSR count). The molecule has 0 aliphatic rings. The van der Waals surface area contributed by atoms with Gasteiger partial charge >= 0.3 is 0 Å². The summed E-state index contributed by atoms with van der Waals surface area (Å²) in [6.07, 6.45) is 5.00. The third-order valence-corrected chi connectivity index (χ3v) is 3.07. The Morgan fingerprint density at radius 3 is 2.33 bits per heavy atom. The highest BCUT2D eigenvalue weighted by Gasteiger charge is 2.06. The van der Waals surface area contributed by atoms with E-state index in [-0.39, 0.29) is 0 Å². The Morgan fingerprint density at radius 1 is 1.11 bits per heavy atom. The number of anilines is 1. The van der Waals surface area contributed by atoms with E-state index < -0.39 is 0 Å². The molecular formula is C16H28N2. The lowest BCUT2D eigenvalue weighted by molar-refractivity contribution is 0.402. The van der Waals surface area contributed by atoms with Gasteiger partial charge in [0.25, 0.3) is 0 Å². The molecule has 0 heterocycles. The van der Waals surface area contributed by atoms with Crippen LogP contribution >= 0.6 is 0 Å². The van der Waals surface area contributed by atoms with Gasteiger partial charge in [-0.2, -0.15) is 0 Å². The van der Waals surface area contributed by atoms with E-state index in [4.69, 9.17) is 0 Å². The summed E-state index contributed by atoms with van der Waals surface area (Å²) < 4.78 is 0. The first-order valence-electron chi connectivity index (χ1n) is 7.15. The Balaban J connectivity index is 2.64. The lowest BCUT2D eigenvalue weighted by Gasteiger charge is -2.19. The van der Waals surface area contributed by atoms with Crippen LogP contribution in [0.3, 0.4) is 0 Å². The van der Waals surface area contributed by atoms with Gasteiger partial charge in [0.1, 0.15) is 0 Å². The first-order chi connectivity index (χ1) is 8.65. The van der Waals surface area contributed by atoms with Crippen molar-refractivity contribution in [2.45, 2.75) is 52.1 Å². The second-order valence-corrected chi connectivity index (χ2v) is 5.36. The predicted octanol–water partition coefficient (Wildman–Crippen LogP) is 4.13. The monoisotopic (exact) mass is 248 g/mol. The van der Waals surface area contributed by atoms with E-state index in [0.717, 1.165) is 6.54 Å². The largest absolute Gasteiger partial charge is 0.382 e. The van der Waals surface area contributed by atoms with Gasteiger partial charge in [-0.1, -0.05) is 38.8 Å². The maximum Gasteiger partial charge on any atom is 0.0345 e. The quantitative estimate of drug-likeness (QED) is 0.744. The number of nitrogens with zero attached hydrogens (tertiary/aromatic N) is 1. The molecule has 0 aliphatic carbocycles. The fourth-order valence-electron chi connectivity index (χ4n) is 2.35. The molecule has 102 valence electrons. The van der Waals surface area contributed by atoms with Gasteiger partial charge in [-0.3, -0.25) is 0 Å². The lowest BCUT2D eigenvalue weighted by Crippen LogP contribution is -2.19. The first-order valence-corrected chi connectivity index (χ1v) is 7.15. The molecule has 0 fully saturated rings. The van der Waals surface area contributed by atoms with Crippen molar-refractivity contribution in [1.82, 2.24) is 4.90 Å². The normalized spacial score (nSPS) is 11.2. The summed E-state index contributed by atoms with van der Waals surface area (Å²) in [6, 6.07) is 9.42. The third-order valence-electron chi connectivity index (χ3n) is 3.07. The van der Waals surface area contributed by atoms with Crippen LogP contribution in [-0.4, -0.2) is 25.0 Å². The topological polar surface area (TPSA) is 15.3 Å². The highest BCUT2D eigenvalue weighted by atomic mass is 15.0. The number of benzene rings is 1. The van der Waals surface area contributed by atoms with Crippen LogP contribution in [0.4, 0.5) is 5.69 Å². The van der Waals surface area contributed by atoms with Gasteiger partial charge in [0.05, 0.1) is 0 Å². The third kappa shape index (κ3) is 5.54. The van der Waals surface area contributed by atoms with Gasteiger partial charge in [0, 0.05) is 18.3 Å². The number of rotatable bonds is 8. The average Bonchev–Trinajstić information content (AvgIpc) is 2.29. The Hall–Kier alpha value is -1.02. The summed E-state index contributed by atoms with van der Waals surface area (Å²) in [5, 5.41) is 3.68. The molecule has 1 N–H and O–H groups in total. The molecule has 0 atom stereocenters. The van der Waals surface area contributed by atoms with E-state index in [0.29, 0.717) is 6.04 Å². The van der Waals surface area contributed by atoms with E-state index >= 15 is 0 Å². The van der Waals surface area contributed by atoms with Crippen LogP contribution in [0.5, 0.6) is 0 Å². The molecule has 18 heavy (non-hydrogen) atoms. The predicted molar refractivity (Wildman–Crippen MR) is 81.1 cm³/mol. The van der Waals surface area contributed by atoms with Crippen molar-refractivity contribution in [3.05, 3.63) is 29.8 Å². The maximum atomic E-state index is 3.68. The van der Waals surface area contributed by atoms with E-state index in [1.165, 1.54) is 36.9 Å². The van der Waals surface area contributed by atoms with Gasteiger partial charge in [0.2, 0.25) is 0 Å². The van der Waals surface area contributed by atoms with Crippen LogP contribution < -0.4 is 5.32 Å². The molecule has 0 saturated carbocycles. The second kappa shape index (κ2) is 8.15. The molecule has 0 amide bonds. The Kier molecular flexibility index (Phi) is 6.81. The minimum Gasteiger partial charge on any atom is -0.382 e. The average molecular weight is 248 g/mol. The standard InChI is InChI=1S/C16H28N2/c1-5-8-15(9-6-2)17-16-11-7-10-14(12-16)13-18(3)4/h7,10-12,15,17H,5-6,8-9,13H2,1-4H3.